The quantitative estimate of drug-likeness (QED) is 0.287. The van der Waals surface area contributed by atoms with E-state index in [0.717, 1.165) is 11.3 Å². The van der Waals surface area contributed by atoms with Crippen LogP contribution in [-0.2, 0) is 15.0 Å². The predicted molar refractivity (Wildman–Crippen MR) is 141 cm³/mol. The molecule has 188 valence electrons. The number of Topliss-reactive ketones (excluding diaryl/α,β-unsaturated/α-hetero) is 1. The van der Waals surface area contributed by atoms with Crippen molar-refractivity contribution in [2.75, 3.05) is 31.0 Å². The smallest absolute Gasteiger partial charge is 0.300 e. The Morgan fingerprint density at radius 1 is 1.03 bits per heavy atom. The second-order valence-corrected chi connectivity index (χ2v) is 10.2. The van der Waals surface area contributed by atoms with Crippen LogP contribution in [0.1, 0.15) is 49.5 Å². The molecule has 1 aromatic heterocycles. The van der Waals surface area contributed by atoms with Crippen molar-refractivity contribution in [2.45, 2.75) is 39.2 Å². The van der Waals surface area contributed by atoms with Crippen LogP contribution in [0.3, 0.4) is 0 Å². The van der Waals surface area contributed by atoms with Crippen molar-refractivity contribution < 1.29 is 23.8 Å². The van der Waals surface area contributed by atoms with Gasteiger partial charge in [-0.05, 0) is 66.9 Å². The molecule has 7 heteroatoms. The van der Waals surface area contributed by atoms with Crippen LogP contribution in [0.2, 0.25) is 0 Å². The lowest BCUT2D eigenvalue weighted by Gasteiger charge is -2.25. The van der Waals surface area contributed by atoms with Gasteiger partial charge in [0, 0.05) is 36.6 Å². The maximum Gasteiger partial charge on any atom is 0.300 e. The average molecular weight is 489 g/mol. The SMILES string of the molecule is COc1ccc(/C(O)=C2/C(=O)C(=O)N(c3ccc(N(C)C)cc3)C2c2ccc(C)o2)cc1C(C)(C)C. The van der Waals surface area contributed by atoms with Crippen molar-refractivity contribution in [2.24, 2.45) is 0 Å². The van der Waals surface area contributed by atoms with E-state index >= 15 is 0 Å². The van der Waals surface area contributed by atoms with Crippen LogP contribution < -0.4 is 14.5 Å². The zero-order chi connectivity index (χ0) is 26.4. The van der Waals surface area contributed by atoms with Crippen molar-refractivity contribution >= 4 is 28.8 Å². The van der Waals surface area contributed by atoms with E-state index in [9.17, 15) is 14.7 Å². The first-order chi connectivity index (χ1) is 16.9. The minimum Gasteiger partial charge on any atom is -0.507 e. The summed E-state index contributed by atoms with van der Waals surface area (Å²) in [6, 6.07) is 15.2. The molecule has 7 nitrogen and oxygen atoms in total. The summed E-state index contributed by atoms with van der Waals surface area (Å²) in [6.45, 7) is 7.91. The average Bonchev–Trinajstić information content (AvgIpc) is 3.38. The number of benzene rings is 2. The second kappa shape index (κ2) is 9.22. The monoisotopic (exact) mass is 488 g/mol. The van der Waals surface area contributed by atoms with Gasteiger partial charge in [0.05, 0.1) is 12.7 Å². The summed E-state index contributed by atoms with van der Waals surface area (Å²) < 4.78 is 11.4. The number of aliphatic hydroxyl groups excluding tert-OH is 1. The number of anilines is 2. The fraction of sp³-hybridized carbons (Fsp3) is 0.310. The molecule has 2 aromatic carbocycles. The molecule has 1 aliphatic rings. The molecule has 3 aromatic rings. The summed E-state index contributed by atoms with van der Waals surface area (Å²) >= 11 is 0. The lowest BCUT2D eigenvalue weighted by Crippen LogP contribution is -2.29. The van der Waals surface area contributed by atoms with Gasteiger partial charge in [0.15, 0.2) is 0 Å². The molecule has 0 aliphatic carbocycles. The Morgan fingerprint density at radius 3 is 2.22 bits per heavy atom. The van der Waals surface area contributed by atoms with Gasteiger partial charge in [0.25, 0.3) is 11.7 Å². The van der Waals surface area contributed by atoms with Crippen molar-refractivity contribution in [1.82, 2.24) is 0 Å². The normalized spacial score (nSPS) is 17.5. The Kier molecular flexibility index (Phi) is 6.43. The number of carbonyl (C=O) groups excluding carboxylic acids is 2. The van der Waals surface area contributed by atoms with E-state index in [4.69, 9.17) is 9.15 Å². The molecule has 0 saturated carbocycles. The highest BCUT2D eigenvalue weighted by Crippen LogP contribution is 2.43. The zero-order valence-corrected chi connectivity index (χ0v) is 21.7. The third-order valence-electron chi connectivity index (χ3n) is 6.40. The Bertz CT molecular complexity index is 1340. The highest BCUT2D eigenvalue weighted by Gasteiger charge is 2.48. The number of hydrogen-bond donors (Lipinski definition) is 1. The summed E-state index contributed by atoms with van der Waals surface area (Å²) in [5.74, 6) is -0.0340. The molecule has 1 N–H and O–H groups in total. The molecule has 0 spiro atoms. The number of methoxy groups -OCH3 is 1. The molecule has 1 fully saturated rings. The number of ether oxygens (including phenoxy) is 1. The van der Waals surface area contributed by atoms with E-state index in [2.05, 4.69) is 0 Å². The number of hydrogen-bond acceptors (Lipinski definition) is 6. The van der Waals surface area contributed by atoms with Crippen LogP contribution in [0.15, 0.2) is 64.6 Å². The number of nitrogens with zero attached hydrogens (tertiary/aromatic N) is 2. The van der Waals surface area contributed by atoms with Crippen molar-refractivity contribution in [3.63, 3.8) is 0 Å². The van der Waals surface area contributed by atoms with Gasteiger partial charge in [0.1, 0.15) is 29.1 Å². The van der Waals surface area contributed by atoms with Gasteiger partial charge in [-0.25, -0.2) is 0 Å². The third kappa shape index (κ3) is 4.37. The van der Waals surface area contributed by atoms with E-state index in [1.165, 1.54) is 4.90 Å². The molecule has 0 radical (unpaired) electrons. The predicted octanol–water partition coefficient (Wildman–Crippen LogP) is 5.59. The van der Waals surface area contributed by atoms with E-state index < -0.39 is 17.7 Å². The Hall–Kier alpha value is -4.00. The summed E-state index contributed by atoms with van der Waals surface area (Å²) in [5.41, 5.74) is 2.48. The summed E-state index contributed by atoms with van der Waals surface area (Å²) in [4.78, 5) is 30.1. The van der Waals surface area contributed by atoms with Crippen LogP contribution >= 0.6 is 0 Å². The maximum absolute atomic E-state index is 13.4. The Balaban J connectivity index is 1.91. The van der Waals surface area contributed by atoms with Crippen molar-refractivity contribution in [3.8, 4) is 5.75 Å². The fourth-order valence-electron chi connectivity index (χ4n) is 4.48. The van der Waals surface area contributed by atoms with E-state index in [0.29, 0.717) is 28.5 Å². The molecule has 2 heterocycles. The number of aryl methyl sites for hydroxylation is 1. The van der Waals surface area contributed by atoms with E-state index in [1.54, 1.807) is 56.5 Å². The topological polar surface area (TPSA) is 83.2 Å². The lowest BCUT2D eigenvalue weighted by atomic mass is 9.84. The lowest BCUT2D eigenvalue weighted by molar-refractivity contribution is -0.132. The van der Waals surface area contributed by atoms with Gasteiger partial charge < -0.3 is 19.2 Å². The molecule has 36 heavy (non-hydrogen) atoms. The molecule has 4 rings (SSSR count). The standard InChI is InChI=1S/C29H32N2O5/c1-17-8-14-23(36-17)25-24(26(32)18-9-15-22(35-7)21(16-18)29(2,3)4)27(33)28(34)31(25)20-12-10-19(11-13-20)30(5)6/h8-16,25,32H,1-7H3/b26-24-. The number of rotatable bonds is 5. The summed E-state index contributed by atoms with van der Waals surface area (Å²) in [6.07, 6.45) is 0. The van der Waals surface area contributed by atoms with Gasteiger partial charge in [0.2, 0.25) is 0 Å². The first-order valence-electron chi connectivity index (χ1n) is 11.8. The van der Waals surface area contributed by atoms with Crippen LogP contribution in [0.5, 0.6) is 5.75 Å². The molecule has 1 amide bonds. The van der Waals surface area contributed by atoms with Gasteiger partial charge in [-0.2, -0.15) is 0 Å². The number of carbonyl (C=O) groups is 2. The van der Waals surface area contributed by atoms with Gasteiger partial charge in [-0.1, -0.05) is 20.8 Å². The van der Waals surface area contributed by atoms with Gasteiger partial charge in [-0.3, -0.25) is 14.5 Å². The van der Waals surface area contributed by atoms with Crippen molar-refractivity contribution in [1.29, 1.82) is 0 Å². The zero-order valence-electron chi connectivity index (χ0n) is 21.7. The molecular formula is C29H32N2O5. The molecular weight excluding hydrogens is 456 g/mol. The number of aliphatic hydroxyl groups is 1. The Labute approximate surface area is 211 Å². The highest BCUT2D eigenvalue weighted by atomic mass is 16.5. The van der Waals surface area contributed by atoms with Crippen LogP contribution in [0, 0.1) is 6.92 Å². The van der Waals surface area contributed by atoms with Gasteiger partial charge in [-0.15, -0.1) is 0 Å². The number of furan rings is 1. The van der Waals surface area contributed by atoms with Gasteiger partial charge >= 0.3 is 0 Å². The molecule has 1 unspecified atom stereocenters. The molecule has 0 bridgehead atoms. The minimum absolute atomic E-state index is 0.0175. The fourth-order valence-corrected chi connectivity index (χ4v) is 4.48. The summed E-state index contributed by atoms with van der Waals surface area (Å²) in [7, 11) is 5.44. The third-order valence-corrected chi connectivity index (χ3v) is 6.40. The maximum atomic E-state index is 13.4. The largest absolute Gasteiger partial charge is 0.507 e. The summed E-state index contributed by atoms with van der Waals surface area (Å²) in [5, 5.41) is 11.5. The number of ketones is 1. The first-order valence-corrected chi connectivity index (χ1v) is 11.8. The second-order valence-electron chi connectivity index (χ2n) is 10.2. The van der Waals surface area contributed by atoms with Crippen LogP contribution in [0.4, 0.5) is 11.4 Å². The number of amides is 1. The molecule has 1 aliphatic heterocycles. The minimum atomic E-state index is -0.913. The molecule has 1 saturated heterocycles. The van der Waals surface area contributed by atoms with Crippen LogP contribution in [0.25, 0.3) is 5.76 Å². The first kappa shape index (κ1) is 25.1. The van der Waals surface area contributed by atoms with Crippen molar-refractivity contribution in [3.05, 3.63) is 82.8 Å². The Morgan fingerprint density at radius 2 is 1.69 bits per heavy atom. The van der Waals surface area contributed by atoms with E-state index in [1.807, 2.05) is 51.9 Å². The highest BCUT2D eigenvalue weighted by molar-refractivity contribution is 6.51. The molecule has 1 atom stereocenters. The van der Waals surface area contributed by atoms with E-state index in [-0.39, 0.29) is 16.7 Å². The van der Waals surface area contributed by atoms with Crippen LogP contribution in [-0.4, -0.2) is 38.0 Å².